The van der Waals surface area contributed by atoms with Gasteiger partial charge >= 0.3 is 12.1 Å². The molecule has 0 bridgehead atoms. The molecular formula is C25H26N4O5. The molecule has 0 saturated heterocycles. The second-order valence-corrected chi connectivity index (χ2v) is 8.21. The average Bonchev–Trinajstić information content (AvgIpc) is 3.46. The maximum atomic E-state index is 12.9. The topological polar surface area (TPSA) is 125 Å². The van der Waals surface area contributed by atoms with E-state index in [1.54, 1.807) is 6.20 Å². The Bertz CT molecular complexity index is 1130. The highest BCUT2D eigenvalue weighted by atomic mass is 16.5. The van der Waals surface area contributed by atoms with E-state index < -0.39 is 24.0 Å². The van der Waals surface area contributed by atoms with Crippen LogP contribution in [0.25, 0.3) is 11.1 Å². The van der Waals surface area contributed by atoms with Crippen LogP contribution in [0.4, 0.5) is 4.79 Å². The van der Waals surface area contributed by atoms with Crippen LogP contribution in [0.15, 0.2) is 61.1 Å². The Morgan fingerprint density at radius 2 is 1.76 bits per heavy atom. The minimum Gasteiger partial charge on any atom is -0.481 e. The zero-order chi connectivity index (χ0) is 24.1. The van der Waals surface area contributed by atoms with E-state index in [2.05, 4.69) is 27.4 Å². The summed E-state index contributed by atoms with van der Waals surface area (Å²) in [5.41, 5.74) is 5.09. The summed E-state index contributed by atoms with van der Waals surface area (Å²) in [5, 5.41) is 11.6. The van der Waals surface area contributed by atoms with Crippen molar-refractivity contribution >= 4 is 18.0 Å². The van der Waals surface area contributed by atoms with Crippen molar-refractivity contribution < 1.29 is 24.2 Å². The summed E-state index contributed by atoms with van der Waals surface area (Å²) in [6.07, 6.45) is 2.31. The monoisotopic (exact) mass is 462 g/mol. The van der Waals surface area contributed by atoms with Crippen molar-refractivity contribution in [3.05, 3.63) is 77.9 Å². The van der Waals surface area contributed by atoms with Gasteiger partial charge in [-0.2, -0.15) is 0 Å². The Balaban J connectivity index is 1.44. The lowest BCUT2D eigenvalue weighted by molar-refractivity contribution is -0.138. The maximum absolute atomic E-state index is 12.9. The number of likely N-dealkylation sites (N-methyl/N-ethyl adjacent to an activating group) is 1. The normalized spacial score (nSPS) is 13.0. The van der Waals surface area contributed by atoms with Crippen molar-refractivity contribution in [2.75, 3.05) is 20.2 Å². The Morgan fingerprint density at radius 3 is 2.35 bits per heavy atom. The zero-order valence-corrected chi connectivity index (χ0v) is 18.7. The maximum Gasteiger partial charge on any atom is 0.407 e. The molecule has 1 heterocycles. The molecule has 176 valence electrons. The number of aliphatic carboxylic acids is 1. The van der Waals surface area contributed by atoms with Gasteiger partial charge in [0, 0.05) is 37.8 Å². The van der Waals surface area contributed by atoms with Crippen LogP contribution in [0.5, 0.6) is 0 Å². The van der Waals surface area contributed by atoms with E-state index in [9.17, 15) is 14.4 Å². The third kappa shape index (κ3) is 5.09. The van der Waals surface area contributed by atoms with Crippen LogP contribution in [0.3, 0.4) is 0 Å². The van der Waals surface area contributed by atoms with Crippen LogP contribution in [0.2, 0.25) is 0 Å². The Labute approximate surface area is 196 Å². The molecule has 0 spiro atoms. The highest BCUT2D eigenvalue weighted by molar-refractivity contribution is 5.86. The summed E-state index contributed by atoms with van der Waals surface area (Å²) in [6.45, 7) is 0.152. The molecule has 2 aromatic carbocycles. The van der Waals surface area contributed by atoms with Gasteiger partial charge in [0.2, 0.25) is 5.91 Å². The highest BCUT2D eigenvalue weighted by Gasteiger charge is 2.30. The van der Waals surface area contributed by atoms with Crippen LogP contribution in [0.1, 0.15) is 29.2 Å². The molecule has 1 aliphatic rings. The highest BCUT2D eigenvalue weighted by Crippen LogP contribution is 2.44. The first-order valence-corrected chi connectivity index (χ1v) is 11.0. The number of fused-ring (bicyclic) bond motifs is 3. The molecule has 0 radical (unpaired) electrons. The van der Waals surface area contributed by atoms with Gasteiger partial charge in [0.25, 0.3) is 0 Å². The molecule has 3 N–H and O–H groups in total. The Hall–Kier alpha value is -4.14. The summed E-state index contributed by atoms with van der Waals surface area (Å²) in [7, 11) is 1.50. The number of aromatic nitrogens is 2. The second-order valence-electron chi connectivity index (χ2n) is 8.21. The molecule has 2 amide bonds. The van der Waals surface area contributed by atoms with Crippen molar-refractivity contribution in [2.45, 2.75) is 24.8 Å². The van der Waals surface area contributed by atoms with E-state index in [4.69, 9.17) is 9.84 Å². The number of amides is 2. The first-order valence-electron chi connectivity index (χ1n) is 11.0. The van der Waals surface area contributed by atoms with Crippen LogP contribution >= 0.6 is 0 Å². The third-order valence-corrected chi connectivity index (χ3v) is 5.95. The van der Waals surface area contributed by atoms with Crippen molar-refractivity contribution in [1.82, 2.24) is 20.2 Å². The lowest BCUT2D eigenvalue weighted by Gasteiger charge is -2.24. The van der Waals surface area contributed by atoms with E-state index >= 15 is 0 Å². The first-order chi connectivity index (χ1) is 16.4. The summed E-state index contributed by atoms with van der Waals surface area (Å²) in [5.74, 6) is -1.52. The number of hydrogen-bond acceptors (Lipinski definition) is 5. The average molecular weight is 463 g/mol. The number of nitrogens with one attached hydrogen (secondary N) is 2. The number of aromatic amines is 1. The molecule has 9 heteroatoms. The number of nitrogens with zero attached hydrogens (tertiary/aromatic N) is 2. The number of ether oxygens (including phenoxy) is 1. The third-order valence-electron chi connectivity index (χ3n) is 5.95. The number of rotatable bonds is 9. The molecule has 1 atom stereocenters. The molecule has 0 saturated carbocycles. The van der Waals surface area contributed by atoms with Gasteiger partial charge in [-0.3, -0.25) is 9.59 Å². The molecule has 0 aliphatic heterocycles. The first kappa shape index (κ1) is 23.0. The smallest absolute Gasteiger partial charge is 0.407 e. The number of hydrogen-bond donors (Lipinski definition) is 3. The number of carbonyl (C=O) groups excluding carboxylic acids is 2. The number of H-pyrrole nitrogens is 1. The van der Waals surface area contributed by atoms with Crippen molar-refractivity contribution in [1.29, 1.82) is 0 Å². The van der Waals surface area contributed by atoms with Gasteiger partial charge < -0.3 is 25.0 Å². The molecule has 4 rings (SSSR count). The van der Waals surface area contributed by atoms with Gasteiger partial charge in [-0.1, -0.05) is 48.5 Å². The van der Waals surface area contributed by atoms with Crippen molar-refractivity contribution in [3.63, 3.8) is 0 Å². The number of carboxylic acid groups (broad SMARTS) is 1. The summed E-state index contributed by atoms with van der Waals surface area (Å²) in [6, 6.07) is 15.1. The quantitative estimate of drug-likeness (QED) is 0.449. The van der Waals surface area contributed by atoms with E-state index in [0.29, 0.717) is 5.69 Å². The van der Waals surface area contributed by atoms with Crippen LogP contribution in [0, 0.1) is 0 Å². The molecule has 1 aromatic heterocycles. The fourth-order valence-electron chi connectivity index (χ4n) is 4.24. The van der Waals surface area contributed by atoms with E-state index in [1.807, 2.05) is 36.4 Å². The fourth-order valence-corrected chi connectivity index (χ4v) is 4.24. The molecule has 9 nitrogen and oxygen atoms in total. The Morgan fingerprint density at radius 1 is 1.12 bits per heavy atom. The fraction of sp³-hybridized carbons (Fsp3) is 0.280. The van der Waals surface area contributed by atoms with Crippen molar-refractivity contribution in [3.8, 4) is 11.1 Å². The van der Waals surface area contributed by atoms with E-state index in [1.165, 1.54) is 18.3 Å². The van der Waals surface area contributed by atoms with Crippen molar-refractivity contribution in [2.24, 2.45) is 0 Å². The van der Waals surface area contributed by atoms with Gasteiger partial charge in [-0.25, -0.2) is 9.78 Å². The molecule has 3 aromatic rings. The number of imidazole rings is 1. The summed E-state index contributed by atoms with van der Waals surface area (Å²) < 4.78 is 5.58. The Kier molecular flexibility index (Phi) is 6.91. The van der Waals surface area contributed by atoms with Gasteiger partial charge in [0.15, 0.2) is 0 Å². The number of carbonyl (C=O) groups is 3. The largest absolute Gasteiger partial charge is 0.481 e. The summed E-state index contributed by atoms with van der Waals surface area (Å²) in [4.78, 5) is 44.7. The lowest BCUT2D eigenvalue weighted by atomic mass is 9.98. The second kappa shape index (κ2) is 10.2. The zero-order valence-electron chi connectivity index (χ0n) is 18.7. The number of benzene rings is 2. The summed E-state index contributed by atoms with van der Waals surface area (Å²) >= 11 is 0. The standard InChI is InChI=1S/C25H26N4O5/c1-29(11-10-23(30)31)24(32)22(12-16-13-26-15-27-16)28-25(33)34-14-21-19-8-4-2-6-17(19)18-7-3-5-9-20(18)21/h2-9,13,15,21-22H,10-12,14H2,1H3,(H,26,27)(H,28,33)(H,30,31)/t22-/m0/s1. The number of carboxylic acids is 1. The predicted octanol–water partition coefficient (Wildman–Crippen LogP) is 2.79. The SMILES string of the molecule is CN(CCC(=O)O)C(=O)[C@H](Cc1cnc[nH]1)NC(=O)OCC1c2ccccc2-c2ccccc21. The van der Waals surface area contributed by atoms with Gasteiger partial charge in [-0.05, 0) is 22.3 Å². The van der Waals surface area contributed by atoms with Crippen LogP contribution in [-0.4, -0.2) is 64.2 Å². The molecular weight excluding hydrogens is 436 g/mol. The number of alkyl carbamates (subject to hydrolysis) is 1. The van der Waals surface area contributed by atoms with Gasteiger partial charge in [-0.15, -0.1) is 0 Å². The van der Waals surface area contributed by atoms with Gasteiger partial charge in [0.05, 0.1) is 12.7 Å². The molecule has 0 unspecified atom stereocenters. The lowest BCUT2D eigenvalue weighted by Crippen LogP contribution is -2.49. The minimum atomic E-state index is -1.01. The molecule has 34 heavy (non-hydrogen) atoms. The predicted molar refractivity (Wildman–Crippen MR) is 124 cm³/mol. The molecule has 0 fully saturated rings. The van der Waals surface area contributed by atoms with Crippen LogP contribution in [-0.2, 0) is 20.7 Å². The van der Waals surface area contributed by atoms with E-state index in [-0.39, 0.29) is 31.9 Å². The minimum absolute atomic E-state index is 0.0278. The van der Waals surface area contributed by atoms with E-state index in [0.717, 1.165) is 22.3 Å². The van der Waals surface area contributed by atoms with Gasteiger partial charge in [0.1, 0.15) is 12.6 Å². The molecule has 1 aliphatic carbocycles. The van der Waals surface area contributed by atoms with Crippen LogP contribution < -0.4 is 5.32 Å².